The summed E-state index contributed by atoms with van der Waals surface area (Å²) >= 11 is 2.22. The Kier molecular flexibility index (Phi) is 5.45. The highest BCUT2D eigenvalue weighted by atomic mass is 127. The summed E-state index contributed by atoms with van der Waals surface area (Å²) in [5, 5.41) is 0. The van der Waals surface area contributed by atoms with Crippen LogP contribution in [0.3, 0.4) is 0 Å². The molecule has 0 atom stereocenters. The van der Waals surface area contributed by atoms with Crippen LogP contribution in [0.5, 0.6) is 5.75 Å². The molecule has 0 N–H and O–H groups in total. The largest absolute Gasteiger partial charge is 0.492 e. The van der Waals surface area contributed by atoms with Crippen LogP contribution in [0.1, 0.15) is 12.8 Å². The number of methoxy groups -OCH3 is 1. The molecule has 0 saturated heterocycles. The lowest BCUT2D eigenvalue weighted by atomic mass is 10.3. The minimum absolute atomic E-state index is 0.193. The van der Waals surface area contributed by atoms with E-state index in [-0.39, 0.29) is 5.97 Å². The Bertz CT molecular complexity index is 325. The molecule has 0 aromatic heterocycles. The molecule has 15 heavy (non-hydrogen) atoms. The van der Waals surface area contributed by atoms with E-state index in [0.29, 0.717) is 19.4 Å². The highest BCUT2D eigenvalue weighted by Gasteiger charge is 2.01. The maximum atomic E-state index is 10.8. The Morgan fingerprint density at radius 2 is 2.13 bits per heavy atom. The smallest absolute Gasteiger partial charge is 0.305 e. The first kappa shape index (κ1) is 12.3. The van der Waals surface area contributed by atoms with Crippen LogP contribution in [-0.4, -0.2) is 19.7 Å². The van der Waals surface area contributed by atoms with Crippen molar-refractivity contribution in [2.24, 2.45) is 0 Å². The van der Waals surface area contributed by atoms with Gasteiger partial charge >= 0.3 is 5.97 Å². The van der Waals surface area contributed by atoms with E-state index in [1.54, 1.807) is 0 Å². The van der Waals surface area contributed by atoms with Gasteiger partial charge in [-0.25, -0.2) is 0 Å². The fourth-order valence-corrected chi connectivity index (χ4v) is 1.61. The zero-order chi connectivity index (χ0) is 11.1. The highest BCUT2D eigenvalue weighted by molar-refractivity contribution is 14.1. The average molecular weight is 320 g/mol. The van der Waals surface area contributed by atoms with Crippen LogP contribution in [0, 0.1) is 3.57 Å². The number of hydrogen-bond acceptors (Lipinski definition) is 3. The van der Waals surface area contributed by atoms with Crippen molar-refractivity contribution in [3.8, 4) is 5.75 Å². The van der Waals surface area contributed by atoms with Crippen LogP contribution in [0.4, 0.5) is 0 Å². The number of para-hydroxylation sites is 1. The third-order valence-electron chi connectivity index (χ3n) is 1.85. The number of benzene rings is 1. The van der Waals surface area contributed by atoms with Crippen molar-refractivity contribution in [1.82, 2.24) is 0 Å². The van der Waals surface area contributed by atoms with Crippen LogP contribution in [0.25, 0.3) is 0 Å². The van der Waals surface area contributed by atoms with Crippen molar-refractivity contribution in [2.45, 2.75) is 12.8 Å². The summed E-state index contributed by atoms with van der Waals surface area (Å²) < 4.78 is 11.1. The molecule has 1 aromatic carbocycles. The van der Waals surface area contributed by atoms with Gasteiger partial charge in [-0.3, -0.25) is 4.79 Å². The maximum Gasteiger partial charge on any atom is 0.305 e. The van der Waals surface area contributed by atoms with Gasteiger partial charge in [0.15, 0.2) is 0 Å². The Morgan fingerprint density at radius 3 is 2.80 bits per heavy atom. The number of esters is 1. The van der Waals surface area contributed by atoms with Crippen LogP contribution >= 0.6 is 22.6 Å². The minimum atomic E-state index is -0.193. The van der Waals surface area contributed by atoms with E-state index in [2.05, 4.69) is 27.3 Å². The summed E-state index contributed by atoms with van der Waals surface area (Å²) in [6.45, 7) is 0.537. The van der Waals surface area contributed by atoms with Crippen LogP contribution in [0.15, 0.2) is 24.3 Å². The SMILES string of the molecule is COC(=O)CCCOc1ccccc1I. The molecule has 0 fully saturated rings. The third kappa shape index (κ3) is 4.51. The Labute approximate surface area is 103 Å². The van der Waals surface area contributed by atoms with Crippen LogP contribution in [-0.2, 0) is 9.53 Å². The van der Waals surface area contributed by atoms with Gasteiger partial charge in [-0.1, -0.05) is 12.1 Å². The van der Waals surface area contributed by atoms with E-state index >= 15 is 0 Å². The van der Waals surface area contributed by atoms with E-state index in [0.717, 1.165) is 9.32 Å². The second-order valence-electron chi connectivity index (χ2n) is 2.96. The molecule has 0 radical (unpaired) electrons. The molecule has 3 nitrogen and oxygen atoms in total. The summed E-state index contributed by atoms with van der Waals surface area (Å²) in [6.07, 6.45) is 1.08. The summed E-state index contributed by atoms with van der Waals surface area (Å²) in [5.74, 6) is 0.671. The lowest BCUT2D eigenvalue weighted by Crippen LogP contribution is -2.04. The van der Waals surface area contributed by atoms with Crippen molar-refractivity contribution in [1.29, 1.82) is 0 Å². The molecule has 1 rings (SSSR count). The molecule has 1 aromatic rings. The van der Waals surface area contributed by atoms with Crippen molar-refractivity contribution < 1.29 is 14.3 Å². The van der Waals surface area contributed by atoms with Gasteiger partial charge in [0.25, 0.3) is 0 Å². The van der Waals surface area contributed by atoms with Gasteiger partial charge in [-0.15, -0.1) is 0 Å². The van der Waals surface area contributed by atoms with Gasteiger partial charge < -0.3 is 9.47 Å². The molecular weight excluding hydrogens is 307 g/mol. The van der Waals surface area contributed by atoms with Crippen LogP contribution < -0.4 is 4.74 Å². The monoisotopic (exact) mass is 320 g/mol. The molecule has 0 amide bonds. The van der Waals surface area contributed by atoms with Crippen molar-refractivity contribution >= 4 is 28.6 Å². The molecule has 0 aliphatic heterocycles. The number of carbonyl (C=O) groups is 1. The van der Waals surface area contributed by atoms with Crippen molar-refractivity contribution in [2.75, 3.05) is 13.7 Å². The summed E-state index contributed by atoms with van der Waals surface area (Å²) in [6, 6.07) is 7.79. The topological polar surface area (TPSA) is 35.5 Å². The second kappa shape index (κ2) is 6.66. The molecule has 82 valence electrons. The average Bonchev–Trinajstić information content (AvgIpc) is 2.26. The Hall–Kier alpha value is -0.780. The number of ether oxygens (including phenoxy) is 2. The summed E-state index contributed by atoms with van der Waals surface area (Å²) in [5.41, 5.74) is 0. The summed E-state index contributed by atoms with van der Waals surface area (Å²) in [4.78, 5) is 10.8. The normalized spacial score (nSPS) is 9.73. The van der Waals surface area contributed by atoms with E-state index in [4.69, 9.17) is 4.74 Å². The van der Waals surface area contributed by atoms with E-state index < -0.39 is 0 Å². The Morgan fingerprint density at radius 1 is 1.40 bits per heavy atom. The molecule has 0 aliphatic carbocycles. The van der Waals surface area contributed by atoms with Crippen molar-refractivity contribution in [3.63, 3.8) is 0 Å². The van der Waals surface area contributed by atoms with Gasteiger partial charge in [0, 0.05) is 6.42 Å². The van der Waals surface area contributed by atoms with Gasteiger partial charge in [-0.2, -0.15) is 0 Å². The first-order valence-corrected chi connectivity index (χ1v) is 5.76. The number of halogens is 1. The van der Waals surface area contributed by atoms with Crippen LogP contribution in [0.2, 0.25) is 0 Å². The van der Waals surface area contributed by atoms with Gasteiger partial charge in [0.2, 0.25) is 0 Å². The number of hydrogen-bond donors (Lipinski definition) is 0. The first-order valence-electron chi connectivity index (χ1n) is 4.68. The fraction of sp³-hybridized carbons (Fsp3) is 0.364. The predicted molar refractivity (Wildman–Crippen MR) is 65.9 cm³/mol. The molecule has 0 spiro atoms. The maximum absolute atomic E-state index is 10.8. The Balaban J connectivity index is 2.26. The zero-order valence-corrected chi connectivity index (χ0v) is 10.7. The van der Waals surface area contributed by atoms with Crippen molar-refractivity contribution in [3.05, 3.63) is 27.8 Å². The van der Waals surface area contributed by atoms with E-state index in [9.17, 15) is 4.79 Å². The standard InChI is InChI=1S/C11H13IO3/c1-14-11(13)7-4-8-15-10-6-3-2-5-9(10)12/h2-3,5-6H,4,7-8H2,1H3. The molecule has 0 aliphatic rings. The summed E-state index contributed by atoms with van der Waals surface area (Å²) in [7, 11) is 1.39. The van der Waals surface area contributed by atoms with Gasteiger partial charge in [0.05, 0.1) is 17.3 Å². The molecule has 0 heterocycles. The van der Waals surface area contributed by atoms with E-state index in [1.165, 1.54) is 7.11 Å². The predicted octanol–water partition coefficient (Wildman–Crippen LogP) is 2.62. The number of rotatable bonds is 5. The quantitative estimate of drug-likeness (QED) is 0.475. The van der Waals surface area contributed by atoms with Gasteiger partial charge in [0.1, 0.15) is 5.75 Å². The lowest BCUT2D eigenvalue weighted by Gasteiger charge is -2.06. The minimum Gasteiger partial charge on any atom is -0.492 e. The fourth-order valence-electron chi connectivity index (χ4n) is 1.06. The second-order valence-corrected chi connectivity index (χ2v) is 4.12. The molecular formula is C11H13IO3. The molecule has 0 unspecified atom stereocenters. The molecule has 4 heteroatoms. The lowest BCUT2D eigenvalue weighted by molar-refractivity contribution is -0.140. The molecule has 0 bridgehead atoms. The zero-order valence-electron chi connectivity index (χ0n) is 8.53. The first-order chi connectivity index (χ1) is 7.24. The highest BCUT2D eigenvalue weighted by Crippen LogP contribution is 2.19. The van der Waals surface area contributed by atoms with Gasteiger partial charge in [-0.05, 0) is 41.1 Å². The van der Waals surface area contributed by atoms with E-state index in [1.807, 2.05) is 24.3 Å². The third-order valence-corrected chi connectivity index (χ3v) is 2.74. The number of carbonyl (C=O) groups excluding carboxylic acids is 1. The molecule has 0 saturated carbocycles.